The van der Waals surface area contributed by atoms with Crippen LogP contribution in [0.25, 0.3) is 0 Å². The van der Waals surface area contributed by atoms with Gasteiger partial charge in [-0.2, -0.15) is 0 Å². The van der Waals surface area contributed by atoms with Crippen LogP contribution in [0.15, 0.2) is 35.5 Å². The normalized spacial score (nSPS) is 19.9. The van der Waals surface area contributed by atoms with E-state index in [1.165, 1.54) is 37.8 Å². The van der Waals surface area contributed by atoms with Crippen molar-refractivity contribution in [1.82, 2.24) is 10.6 Å². The van der Waals surface area contributed by atoms with Crippen LogP contribution in [0.4, 0.5) is 5.69 Å². The van der Waals surface area contributed by atoms with Crippen LogP contribution < -0.4 is 10.6 Å². The van der Waals surface area contributed by atoms with Crippen LogP contribution >= 0.6 is 0 Å². The Hall–Kier alpha value is -2.90. The van der Waals surface area contributed by atoms with E-state index in [2.05, 4.69) is 17.6 Å². The third kappa shape index (κ3) is 7.80. The molecular formula is C27H41N3O5. The highest BCUT2D eigenvalue weighted by Gasteiger charge is 2.46. The summed E-state index contributed by atoms with van der Waals surface area (Å²) in [5, 5.41) is 17.4. The number of benzene rings is 1. The monoisotopic (exact) mass is 487 g/mol. The maximum Gasteiger partial charge on any atom is 0.335 e. The van der Waals surface area contributed by atoms with Crippen LogP contribution in [-0.2, 0) is 19.9 Å². The Balaban J connectivity index is 2.15. The largest absolute Gasteiger partial charge is 0.462 e. The number of rotatable bonds is 13. The molecular weight excluding hydrogens is 446 g/mol. The second-order valence-corrected chi connectivity index (χ2v) is 9.91. The van der Waals surface area contributed by atoms with E-state index in [1.54, 1.807) is 12.1 Å². The molecule has 0 radical (unpaired) electrons. The molecule has 8 nitrogen and oxygen atoms in total. The van der Waals surface area contributed by atoms with Crippen molar-refractivity contribution < 1.29 is 19.2 Å². The fraction of sp³-hybridized carbons (Fsp3) is 0.630. The van der Waals surface area contributed by atoms with Gasteiger partial charge in [0.05, 0.1) is 28.6 Å². The molecule has 1 heterocycles. The number of esters is 1. The van der Waals surface area contributed by atoms with Gasteiger partial charge < -0.3 is 15.4 Å². The van der Waals surface area contributed by atoms with Crippen molar-refractivity contribution in [3.63, 3.8) is 0 Å². The number of nitro groups is 1. The van der Waals surface area contributed by atoms with Crippen LogP contribution in [0.5, 0.6) is 0 Å². The average Bonchev–Trinajstić information content (AvgIpc) is 2.80. The lowest BCUT2D eigenvalue weighted by Crippen LogP contribution is -2.55. The highest BCUT2D eigenvalue weighted by Crippen LogP contribution is 2.40. The van der Waals surface area contributed by atoms with Gasteiger partial charge in [-0.15, -0.1) is 0 Å². The van der Waals surface area contributed by atoms with Gasteiger partial charge in [0.15, 0.2) is 0 Å². The summed E-state index contributed by atoms with van der Waals surface area (Å²) in [4.78, 5) is 36.8. The van der Waals surface area contributed by atoms with Crippen LogP contribution in [0.1, 0.15) is 91.5 Å². The van der Waals surface area contributed by atoms with Crippen LogP contribution in [-0.4, -0.2) is 29.4 Å². The fourth-order valence-corrected chi connectivity index (χ4v) is 4.60. The van der Waals surface area contributed by atoms with Gasteiger partial charge >= 0.3 is 5.97 Å². The van der Waals surface area contributed by atoms with Gasteiger partial charge in [-0.1, -0.05) is 45.4 Å². The van der Waals surface area contributed by atoms with Gasteiger partial charge in [0, 0.05) is 23.9 Å². The Kier molecular flexibility index (Phi) is 10.7. The van der Waals surface area contributed by atoms with E-state index >= 15 is 0 Å². The molecule has 2 unspecified atom stereocenters. The molecule has 194 valence electrons. The summed E-state index contributed by atoms with van der Waals surface area (Å²) in [6.07, 6.45) is 8.18. The highest BCUT2D eigenvalue weighted by molar-refractivity contribution is 5.92. The van der Waals surface area contributed by atoms with Crippen molar-refractivity contribution in [3.05, 3.63) is 51.2 Å². The number of ether oxygens (including phenoxy) is 1. The highest BCUT2D eigenvalue weighted by atomic mass is 16.6. The molecule has 0 bridgehead atoms. The number of carbonyl (C=O) groups is 2. The molecule has 1 aromatic rings. The van der Waals surface area contributed by atoms with E-state index in [9.17, 15) is 19.7 Å². The van der Waals surface area contributed by atoms with E-state index in [1.807, 2.05) is 27.7 Å². The van der Waals surface area contributed by atoms with Gasteiger partial charge in [0.2, 0.25) is 5.91 Å². The quantitative estimate of drug-likeness (QED) is 0.164. The van der Waals surface area contributed by atoms with Crippen molar-refractivity contribution >= 4 is 17.6 Å². The van der Waals surface area contributed by atoms with Crippen molar-refractivity contribution in [2.45, 2.75) is 97.6 Å². The van der Waals surface area contributed by atoms with Crippen molar-refractivity contribution in [2.75, 3.05) is 6.61 Å². The van der Waals surface area contributed by atoms with Gasteiger partial charge in [-0.05, 0) is 58.2 Å². The second-order valence-electron chi connectivity index (χ2n) is 9.91. The lowest BCUT2D eigenvalue weighted by molar-refractivity contribution is -0.384. The first-order valence-electron chi connectivity index (χ1n) is 12.8. The molecule has 0 aliphatic carbocycles. The summed E-state index contributed by atoms with van der Waals surface area (Å²) in [6, 6.07) is 6.13. The number of nitrogens with one attached hydrogen (secondary N) is 2. The summed E-state index contributed by atoms with van der Waals surface area (Å²) in [7, 11) is 0. The van der Waals surface area contributed by atoms with Crippen LogP contribution in [0, 0.1) is 16.0 Å². The first-order chi connectivity index (χ1) is 16.6. The minimum absolute atomic E-state index is 0.0155. The molecule has 0 aromatic heterocycles. The van der Waals surface area contributed by atoms with Gasteiger partial charge in [0.25, 0.3) is 5.69 Å². The van der Waals surface area contributed by atoms with Gasteiger partial charge in [0.1, 0.15) is 0 Å². The maximum atomic E-state index is 13.2. The average molecular weight is 488 g/mol. The van der Waals surface area contributed by atoms with Gasteiger partial charge in [-0.3, -0.25) is 14.9 Å². The molecule has 1 aliphatic rings. The van der Waals surface area contributed by atoms with Crippen LogP contribution in [0.3, 0.4) is 0 Å². The number of unbranched alkanes of at least 4 members (excludes halogenated alkanes) is 6. The predicted octanol–water partition coefficient (Wildman–Crippen LogP) is 5.51. The minimum Gasteiger partial charge on any atom is -0.462 e. The Morgan fingerprint density at radius 1 is 1.14 bits per heavy atom. The molecule has 35 heavy (non-hydrogen) atoms. The zero-order valence-electron chi connectivity index (χ0n) is 21.8. The van der Waals surface area contributed by atoms with E-state index in [-0.39, 0.29) is 24.1 Å². The summed E-state index contributed by atoms with van der Waals surface area (Å²) in [5.74, 6) is -1.18. The predicted molar refractivity (Wildman–Crippen MR) is 137 cm³/mol. The molecule has 0 fully saturated rings. The number of allylic oxidation sites excluding steroid dienone is 1. The fourth-order valence-electron chi connectivity index (χ4n) is 4.60. The summed E-state index contributed by atoms with van der Waals surface area (Å²) < 4.78 is 5.56. The topological polar surface area (TPSA) is 111 Å². The zero-order valence-corrected chi connectivity index (χ0v) is 21.8. The summed E-state index contributed by atoms with van der Waals surface area (Å²) >= 11 is 0. The molecule has 8 heteroatoms. The second kappa shape index (κ2) is 13.3. The van der Waals surface area contributed by atoms with E-state index in [4.69, 9.17) is 4.74 Å². The zero-order chi connectivity index (χ0) is 26.0. The number of hydrogen-bond donors (Lipinski definition) is 2. The molecule has 1 amide bonds. The lowest BCUT2D eigenvalue weighted by atomic mass is 9.72. The number of nitrogens with zero attached hydrogens (tertiary/aromatic N) is 1. The molecule has 2 rings (SSSR count). The number of carbonyl (C=O) groups excluding carboxylic acids is 2. The molecule has 0 spiro atoms. The third-order valence-electron chi connectivity index (χ3n) is 6.66. The molecule has 1 aromatic carbocycles. The number of non-ortho nitro benzene ring substituents is 1. The first-order valence-corrected chi connectivity index (χ1v) is 12.8. The molecule has 0 saturated heterocycles. The Morgan fingerprint density at radius 3 is 2.31 bits per heavy atom. The minimum atomic E-state index is -0.847. The Morgan fingerprint density at radius 2 is 1.74 bits per heavy atom. The maximum absolute atomic E-state index is 13.2. The SMILES string of the molecule is CCCCCCCCCOC(=O)C1=C(C)NC(C)(c2ccc([N+](=O)[O-])cc2)C(C(=O)NC(C)C)C1. The lowest BCUT2D eigenvalue weighted by Gasteiger charge is -2.43. The molecule has 2 atom stereocenters. The van der Waals surface area contributed by atoms with E-state index in [0.717, 1.165) is 24.8 Å². The van der Waals surface area contributed by atoms with Gasteiger partial charge in [-0.25, -0.2) is 4.79 Å². The molecule has 1 aliphatic heterocycles. The number of hydrogen-bond acceptors (Lipinski definition) is 6. The Bertz CT molecular complexity index is 910. The smallest absolute Gasteiger partial charge is 0.335 e. The van der Waals surface area contributed by atoms with Crippen LogP contribution in [0.2, 0.25) is 0 Å². The van der Waals surface area contributed by atoms with Crippen molar-refractivity contribution in [1.29, 1.82) is 0 Å². The number of amides is 1. The third-order valence-corrected chi connectivity index (χ3v) is 6.66. The number of nitro benzene ring substituents is 1. The van der Waals surface area contributed by atoms with E-state index in [0.29, 0.717) is 17.9 Å². The standard InChI is InChI=1S/C27H41N3O5/c1-6-7-8-9-10-11-12-17-35-26(32)23-18-24(25(31)28-19(2)3)27(5,29-20(23)4)21-13-15-22(16-14-21)30(33)34/h13-16,19,24,29H,6-12,17-18H2,1-5H3,(H,28,31). The summed E-state index contributed by atoms with van der Waals surface area (Å²) in [5.41, 5.74) is 1.00. The summed E-state index contributed by atoms with van der Waals surface area (Å²) in [6.45, 7) is 10.0. The first kappa shape index (κ1) is 28.3. The van der Waals surface area contributed by atoms with Crippen molar-refractivity contribution in [3.8, 4) is 0 Å². The Labute approximate surface area is 209 Å². The molecule has 0 saturated carbocycles. The van der Waals surface area contributed by atoms with E-state index < -0.39 is 22.3 Å². The van der Waals surface area contributed by atoms with Crippen molar-refractivity contribution in [2.24, 2.45) is 5.92 Å². The molecule has 2 N–H and O–H groups in total.